The van der Waals surface area contributed by atoms with E-state index < -0.39 is 5.41 Å². The largest absolute Gasteiger partial charge is 0.497 e. The summed E-state index contributed by atoms with van der Waals surface area (Å²) in [6.07, 6.45) is 3.20. The molecular weight excluding hydrogens is 344 g/mol. The molecule has 2 fully saturated rings. The third kappa shape index (κ3) is 2.16. The summed E-state index contributed by atoms with van der Waals surface area (Å²) < 4.78 is 10.8. The fraction of sp³-hybridized carbons (Fsp3) is 0.524. The molecule has 4 aliphatic rings. The number of nitrogens with one attached hydrogen (secondary N) is 1. The van der Waals surface area contributed by atoms with Gasteiger partial charge in [-0.05, 0) is 37.9 Å². The molecule has 1 spiro atoms. The fourth-order valence-corrected chi connectivity index (χ4v) is 5.77. The Hall–Kier alpha value is -2.34. The van der Waals surface area contributed by atoms with Crippen molar-refractivity contribution in [2.45, 2.75) is 37.3 Å². The average molecular weight is 368 g/mol. The molecule has 5 atom stereocenters. The van der Waals surface area contributed by atoms with Crippen LogP contribution in [0, 0.1) is 11.8 Å². The van der Waals surface area contributed by atoms with Gasteiger partial charge >= 0.3 is 5.97 Å². The predicted molar refractivity (Wildman–Crippen MR) is 99.0 cm³/mol. The highest BCUT2D eigenvalue weighted by Gasteiger charge is 2.61. The fourth-order valence-electron chi connectivity index (χ4n) is 5.77. The molecule has 142 valence electrons. The zero-order chi connectivity index (χ0) is 18.8. The van der Waals surface area contributed by atoms with Crippen molar-refractivity contribution in [1.82, 2.24) is 4.90 Å². The Bertz CT molecular complexity index is 850. The van der Waals surface area contributed by atoms with Gasteiger partial charge in [-0.25, -0.2) is 4.79 Å². The van der Waals surface area contributed by atoms with Crippen LogP contribution in [0.3, 0.4) is 0 Å². The quantitative estimate of drug-likeness (QED) is 0.769. The van der Waals surface area contributed by atoms with E-state index in [0.29, 0.717) is 5.57 Å². The third-order valence-electron chi connectivity index (χ3n) is 7.14. The van der Waals surface area contributed by atoms with Crippen LogP contribution in [0.5, 0.6) is 0 Å². The van der Waals surface area contributed by atoms with Gasteiger partial charge in [0.1, 0.15) is 0 Å². The van der Waals surface area contributed by atoms with Gasteiger partial charge in [-0.3, -0.25) is 9.69 Å². The first-order chi connectivity index (χ1) is 13.1. The maximum absolute atomic E-state index is 13.1. The molecule has 6 nitrogen and oxygen atoms in total. The SMILES string of the molecule is COC(=O)C1=CO[C@@H](C)[C@H]2CN3CC[C@]4(C(=O)Nc5ccccc54)[C@@H]3C[C@H]12. The van der Waals surface area contributed by atoms with Gasteiger partial charge in [0.15, 0.2) is 0 Å². The summed E-state index contributed by atoms with van der Waals surface area (Å²) in [7, 11) is 1.41. The monoisotopic (exact) mass is 368 g/mol. The summed E-state index contributed by atoms with van der Waals surface area (Å²) in [5, 5.41) is 3.09. The molecule has 6 heteroatoms. The van der Waals surface area contributed by atoms with Gasteiger partial charge in [-0.15, -0.1) is 0 Å². The van der Waals surface area contributed by atoms with E-state index in [9.17, 15) is 9.59 Å². The van der Waals surface area contributed by atoms with Gasteiger partial charge in [0.25, 0.3) is 0 Å². The Morgan fingerprint density at radius 3 is 3.00 bits per heavy atom. The summed E-state index contributed by atoms with van der Waals surface area (Å²) >= 11 is 0. The van der Waals surface area contributed by atoms with Crippen LogP contribution in [0.4, 0.5) is 5.69 Å². The van der Waals surface area contributed by atoms with Crippen molar-refractivity contribution in [2.24, 2.45) is 11.8 Å². The van der Waals surface area contributed by atoms with Crippen molar-refractivity contribution in [2.75, 3.05) is 25.5 Å². The van der Waals surface area contributed by atoms with E-state index in [0.717, 1.165) is 37.2 Å². The van der Waals surface area contributed by atoms with E-state index in [-0.39, 0.29) is 35.9 Å². The van der Waals surface area contributed by atoms with Gasteiger partial charge in [0, 0.05) is 30.1 Å². The second-order valence-corrected chi connectivity index (χ2v) is 8.14. The molecule has 0 saturated carbocycles. The molecule has 1 aromatic carbocycles. The number of carbonyl (C=O) groups excluding carboxylic acids is 2. The number of para-hydroxylation sites is 1. The van der Waals surface area contributed by atoms with Crippen LogP contribution in [0.1, 0.15) is 25.3 Å². The first-order valence-electron chi connectivity index (χ1n) is 9.65. The minimum Gasteiger partial charge on any atom is -0.497 e. The number of piperidine rings is 1. The lowest BCUT2D eigenvalue weighted by Crippen LogP contribution is -2.56. The number of nitrogens with zero attached hydrogens (tertiary/aromatic N) is 1. The highest BCUT2D eigenvalue weighted by atomic mass is 16.5. The van der Waals surface area contributed by atoms with Crippen molar-refractivity contribution in [3.63, 3.8) is 0 Å². The second kappa shape index (κ2) is 5.83. The maximum atomic E-state index is 13.1. The Kier molecular flexibility index (Phi) is 3.63. The molecule has 0 radical (unpaired) electrons. The molecule has 0 aromatic heterocycles. The van der Waals surface area contributed by atoms with E-state index in [1.54, 1.807) is 6.26 Å². The highest BCUT2D eigenvalue weighted by molar-refractivity contribution is 6.07. The first kappa shape index (κ1) is 16.8. The number of hydrogen-bond donors (Lipinski definition) is 1. The molecule has 0 bridgehead atoms. The van der Waals surface area contributed by atoms with E-state index in [1.165, 1.54) is 7.11 Å². The van der Waals surface area contributed by atoms with E-state index >= 15 is 0 Å². The van der Waals surface area contributed by atoms with Crippen molar-refractivity contribution in [3.8, 4) is 0 Å². The number of anilines is 1. The molecule has 0 unspecified atom stereocenters. The number of hydrogen-bond acceptors (Lipinski definition) is 5. The molecule has 2 saturated heterocycles. The summed E-state index contributed by atoms with van der Waals surface area (Å²) in [5.74, 6) is 0.0558. The summed E-state index contributed by atoms with van der Waals surface area (Å²) in [4.78, 5) is 27.9. The molecule has 1 amide bonds. The number of fused-ring (bicyclic) bond motifs is 5. The van der Waals surface area contributed by atoms with Gasteiger partial charge in [-0.2, -0.15) is 0 Å². The maximum Gasteiger partial charge on any atom is 0.337 e. The number of methoxy groups -OCH3 is 1. The molecule has 5 rings (SSSR count). The molecule has 4 heterocycles. The Balaban J connectivity index is 1.55. The molecule has 1 aromatic rings. The lowest BCUT2D eigenvalue weighted by molar-refractivity contribution is -0.139. The van der Waals surface area contributed by atoms with Crippen LogP contribution in [0.25, 0.3) is 0 Å². The number of amides is 1. The molecule has 4 aliphatic heterocycles. The van der Waals surface area contributed by atoms with Crippen molar-refractivity contribution >= 4 is 17.6 Å². The molecule has 1 N–H and O–H groups in total. The number of benzene rings is 1. The van der Waals surface area contributed by atoms with Crippen LogP contribution in [-0.4, -0.2) is 49.1 Å². The van der Waals surface area contributed by atoms with Crippen LogP contribution in [0.2, 0.25) is 0 Å². The van der Waals surface area contributed by atoms with Crippen molar-refractivity contribution in [1.29, 1.82) is 0 Å². The summed E-state index contributed by atoms with van der Waals surface area (Å²) in [6, 6.07) is 8.10. The van der Waals surface area contributed by atoms with Crippen LogP contribution in [0.15, 0.2) is 36.1 Å². The standard InChI is InChI=1S/C21H24N2O4/c1-12-14-10-23-8-7-21(16-5-3-4-6-17(16)22-20(21)25)18(23)9-13(14)15(11-27-12)19(24)26-2/h3-6,11-14,18H,7-10H2,1-2H3,(H,22,25)/t12-,13-,14+,18-,21+/m0/s1. The van der Waals surface area contributed by atoms with Gasteiger partial charge in [0.2, 0.25) is 5.91 Å². The first-order valence-corrected chi connectivity index (χ1v) is 9.65. The number of ether oxygens (including phenoxy) is 2. The van der Waals surface area contributed by atoms with Crippen LogP contribution in [-0.2, 0) is 24.5 Å². The summed E-state index contributed by atoms with van der Waals surface area (Å²) in [5.41, 5.74) is 2.11. The zero-order valence-corrected chi connectivity index (χ0v) is 15.6. The van der Waals surface area contributed by atoms with Gasteiger partial charge < -0.3 is 14.8 Å². The van der Waals surface area contributed by atoms with Crippen LogP contribution < -0.4 is 5.32 Å². The zero-order valence-electron chi connectivity index (χ0n) is 15.6. The van der Waals surface area contributed by atoms with Crippen molar-refractivity contribution < 1.29 is 19.1 Å². The lowest BCUT2D eigenvalue weighted by atomic mass is 9.66. The third-order valence-corrected chi connectivity index (χ3v) is 7.14. The minimum atomic E-state index is -0.523. The number of rotatable bonds is 1. The molecule has 27 heavy (non-hydrogen) atoms. The van der Waals surface area contributed by atoms with E-state index in [2.05, 4.69) is 23.2 Å². The smallest absolute Gasteiger partial charge is 0.337 e. The predicted octanol–water partition coefficient (Wildman–Crippen LogP) is 2.06. The van der Waals surface area contributed by atoms with Gasteiger partial charge in [0.05, 0.1) is 30.5 Å². The lowest BCUT2D eigenvalue weighted by Gasteiger charge is -2.48. The number of esters is 1. The highest BCUT2D eigenvalue weighted by Crippen LogP contribution is 2.53. The molecular formula is C21H24N2O4. The Morgan fingerprint density at radius 2 is 2.19 bits per heavy atom. The van der Waals surface area contributed by atoms with Gasteiger partial charge in [-0.1, -0.05) is 18.2 Å². The van der Waals surface area contributed by atoms with E-state index in [1.807, 2.05) is 18.2 Å². The average Bonchev–Trinajstić information content (AvgIpc) is 3.20. The topological polar surface area (TPSA) is 67.9 Å². The number of carbonyl (C=O) groups is 2. The summed E-state index contributed by atoms with van der Waals surface area (Å²) in [6.45, 7) is 3.79. The minimum absolute atomic E-state index is 0.0468. The van der Waals surface area contributed by atoms with E-state index in [4.69, 9.17) is 9.47 Å². The Morgan fingerprint density at radius 1 is 1.37 bits per heavy atom. The van der Waals surface area contributed by atoms with Crippen molar-refractivity contribution in [3.05, 3.63) is 41.7 Å². The Labute approximate surface area is 158 Å². The second-order valence-electron chi connectivity index (χ2n) is 8.14. The molecule has 0 aliphatic carbocycles. The normalized spacial score (nSPS) is 37.0. The van der Waals surface area contributed by atoms with Crippen LogP contribution >= 0.6 is 0 Å².